The number of hydrogen-bond donors (Lipinski definition) is 1. The van der Waals surface area contributed by atoms with E-state index in [0.717, 1.165) is 0 Å². The number of amidine groups is 1. The normalized spacial score (nSPS) is 15.2. The fraction of sp³-hybridized carbons (Fsp3) is 0.0714. The van der Waals surface area contributed by atoms with Crippen molar-refractivity contribution in [2.45, 2.75) is 4.90 Å². The Morgan fingerprint density at radius 3 is 2.71 bits per heavy atom. The Kier molecular flexibility index (Phi) is 3.35. The van der Waals surface area contributed by atoms with Crippen molar-refractivity contribution in [1.82, 2.24) is 0 Å². The quantitative estimate of drug-likeness (QED) is 0.923. The summed E-state index contributed by atoms with van der Waals surface area (Å²) in [6, 6.07) is 11.7. The van der Waals surface area contributed by atoms with Crippen LogP contribution in [0.25, 0.3) is 0 Å². The molecule has 5 nitrogen and oxygen atoms in total. The highest BCUT2D eigenvalue weighted by molar-refractivity contribution is 7.90. The third kappa shape index (κ3) is 2.48. The van der Waals surface area contributed by atoms with E-state index in [9.17, 15) is 8.42 Å². The van der Waals surface area contributed by atoms with E-state index in [1.54, 1.807) is 36.4 Å². The number of anilines is 1. The molecule has 0 saturated heterocycles. The summed E-state index contributed by atoms with van der Waals surface area (Å²) in [5.74, 6) is 0.801. The van der Waals surface area contributed by atoms with Crippen LogP contribution in [0.1, 0.15) is 5.56 Å². The first-order chi connectivity index (χ1) is 10.0. The maximum Gasteiger partial charge on any atom is 0.285 e. The Bertz CT molecular complexity index is 847. The second-order valence-corrected chi connectivity index (χ2v) is 6.39. The van der Waals surface area contributed by atoms with E-state index in [4.69, 9.17) is 16.3 Å². The molecular weight excluding hydrogens is 312 g/mol. The first-order valence-electron chi connectivity index (χ1n) is 6.06. The van der Waals surface area contributed by atoms with Crippen LogP contribution >= 0.6 is 11.6 Å². The maximum atomic E-state index is 12.0. The number of nitrogens with one attached hydrogen (secondary N) is 1. The average molecular weight is 323 g/mol. The maximum absolute atomic E-state index is 12.0. The molecule has 0 radical (unpaired) electrons. The fourth-order valence-electron chi connectivity index (χ4n) is 2.10. The smallest absolute Gasteiger partial charge is 0.285 e. The highest BCUT2D eigenvalue weighted by Crippen LogP contribution is 2.31. The Morgan fingerprint density at radius 2 is 1.95 bits per heavy atom. The number of halogens is 1. The Morgan fingerprint density at radius 1 is 1.19 bits per heavy atom. The summed E-state index contributed by atoms with van der Waals surface area (Å²) in [4.78, 5) is 0.188. The van der Waals surface area contributed by atoms with Crippen molar-refractivity contribution in [2.75, 3.05) is 12.4 Å². The van der Waals surface area contributed by atoms with Crippen LogP contribution in [0.3, 0.4) is 0 Å². The number of ether oxygens (including phenoxy) is 1. The summed E-state index contributed by atoms with van der Waals surface area (Å²) in [5.41, 5.74) is 1.08. The van der Waals surface area contributed by atoms with E-state index in [1.807, 2.05) is 0 Å². The number of nitrogens with zero attached hydrogens (tertiary/aromatic N) is 1. The number of rotatable bonds is 2. The number of benzene rings is 2. The van der Waals surface area contributed by atoms with Crippen LogP contribution in [0.4, 0.5) is 5.69 Å². The topological polar surface area (TPSA) is 67.8 Å². The van der Waals surface area contributed by atoms with Crippen LogP contribution < -0.4 is 10.1 Å². The molecular formula is C14H11ClN2O3S. The van der Waals surface area contributed by atoms with Gasteiger partial charge in [0.2, 0.25) is 0 Å². The second-order valence-electron chi connectivity index (χ2n) is 4.38. The molecule has 1 N–H and O–H groups in total. The third-order valence-corrected chi connectivity index (χ3v) is 4.62. The van der Waals surface area contributed by atoms with Crippen molar-refractivity contribution in [3.63, 3.8) is 0 Å². The van der Waals surface area contributed by atoms with Gasteiger partial charge in [-0.15, -0.1) is 4.40 Å². The lowest BCUT2D eigenvalue weighted by Crippen LogP contribution is -2.12. The van der Waals surface area contributed by atoms with Crippen LogP contribution in [0.15, 0.2) is 51.8 Å². The van der Waals surface area contributed by atoms with Gasteiger partial charge in [0.05, 0.1) is 12.8 Å². The van der Waals surface area contributed by atoms with Gasteiger partial charge in [-0.3, -0.25) is 0 Å². The minimum Gasteiger partial charge on any atom is -0.495 e. The summed E-state index contributed by atoms with van der Waals surface area (Å²) in [6.45, 7) is 0. The molecule has 108 valence electrons. The van der Waals surface area contributed by atoms with E-state index < -0.39 is 10.0 Å². The fourth-order valence-corrected chi connectivity index (χ4v) is 3.45. The lowest BCUT2D eigenvalue weighted by Gasteiger charge is -2.11. The van der Waals surface area contributed by atoms with Gasteiger partial charge >= 0.3 is 0 Å². The predicted molar refractivity (Wildman–Crippen MR) is 81.8 cm³/mol. The van der Waals surface area contributed by atoms with Gasteiger partial charge in [-0.25, -0.2) is 0 Å². The van der Waals surface area contributed by atoms with Crippen molar-refractivity contribution < 1.29 is 13.2 Å². The van der Waals surface area contributed by atoms with Gasteiger partial charge in [-0.1, -0.05) is 23.7 Å². The van der Waals surface area contributed by atoms with E-state index in [1.165, 1.54) is 13.2 Å². The van der Waals surface area contributed by atoms with Crippen molar-refractivity contribution in [1.29, 1.82) is 0 Å². The zero-order valence-corrected chi connectivity index (χ0v) is 12.6. The van der Waals surface area contributed by atoms with Gasteiger partial charge in [0.25, 0.3) is 10.0 Å². The molecule has 7 heteroatoms. The van der Waals surface area contributed by atoms with Crippen molar-refractivity contribution >= 4 is 33.1 Å². The largest absolute Gasteiger partial charge is 0.495 e. The first kappa shape index (κ1) is 13.9. The van der Waals surface area contributed by atoms with Gasteiger partial charge in [0.15, 0.2) is 5.84 Å². The van der Waals surface area contributed by atoms with Gasteiger partial charge in [-0.05, 0) is 30.3 Å². The van der Waals surface area contributed by atoms with Crippen LogP contribution in [-0.2, 0) is 10.0 Å². The molecule has 3 rings (SSSR count). The highest BCUT2D eigenvalue weighted by atomic mass is 35.5. The molecule has 1 heterocycles. The standard InChI is InChI=1S/C14H11ClN2O3S/c1-20-12-7-6-9(15)8-11(12)16-14-10-4-2-3-5-13(10)21(18,19)17-14/h2-8H,1H3,(H,16,17). The molecule has 21 heavy (non-hydrogen) atoms. The minimum atomic E-state index is -3.65. The van der Waals surface area contributed by atoms with E-state index in [0.29, 0.717) is 22.0 Å². The third-order valence-electron chi connectivity index (χ3n) is 3.05. The van der Waals surface area contributed by atoms with E-state index >= 15 is 0 Å². The summed E-state index contributed by atoms with van der Waals surface area (Å²) in [6.07, 6.45) is 0. The van der Waals surface area contributed by atoms with E-state index in [2.05, 4.69) is 9.71 Å². The lowest BCUT2D eigenvalue weighted by atomic mass is 10.2. The summed E-state index contributed by atoms with van der Waals surface area (Å²) < 4.78 is 33.0. The monoisotopic (exact) mass is 322 g/mol. The lowest BCUT2D eigenvalue weighted by molar-refractivity contribution is 0.417. The minimum absolute atomic E-state index is 0.188. The first-order valence-corrected chi connectivity index (χ1v) is 7.88. The Hall–Kier alpha value is -2.05. The second kappa shape index (κ2) is 5.05. The molecule has 0 unspecified atom stereocenters. The zero-order chi connectivity index (χ0) is 15.0. The molecule has 0 saturated carbocycles. The molecule has 1 aliphatic heterocycles. The van der Waals surface area contributed by atoms with E-state index in [-0.39, 0.29) is 10.7 Å². The van der Waals surface area contributed by atoms with Crippen molar-refractivity contribution in [2.24, 2.45) is 4.40 Å². The van der Waals surface area contributed by atoms with Crippen molar-refractivity contribution in [3.05, 3.63) is 53.1 Å². The molecule has 2 aromatic rings. The van der Waals surface area contributed by atoms with Crippen LogP contribution in [0.5, 0.6) is 5.75 Å². The average Bonchev–Trinajstić information content (AvgIpc) is 2.71. The number of fused-ring (bicyclic) bond motifs is 1. The van der Waals surface area contributed by atoms with Crippen LogP contribution in [0, 0.1) is 0 Å². The van der Waals surface area contributed by atoms with Crippen molar-refractivity contribution in [3.8, 4) is 5.75 Å². The Balaban J connectivity index is 2.06. The molecule has 0 spiro atoms. The van der Waals surface area contributed by atoms with Gasteiger partial charge in [0.1, 0.15) is 10.6 Å². The molecule has 1 aliphatic rings. The van der Waals surface area contributed by atoms with Gasteiger partial charge < -0.3 is 10.1 Å². The number of hydrogen-bond acceptors (Lipinski definition) is 4. The molecule has 0 amide bonds. The highest BCUT2D eigenvalue weighted by Gasteiger charge is 2.28. The Labute approximate surface area is 127 Å². The molecule has 0 aromatic heterocycles. The molecule has 2 aromatic carbocycles. The SMILES string of the molecule is COc1ccc(Cl)cc1NC1=NS(=O)(=O)c2ccccc21. The molecule has 0 aliphatic carbocycles. The number of sulfonamides is 1. The summed E-state index contributed by atoms with van der Waals surface area (Å²) in [5, 5.41) is 3.48. The van der Waals surface area contributed by atoms with Crippen LogP contribution in [0.2, 0.25) is 5.02 Å². The van der Waals surface area contributed by atoms with Gasteiger partial charge in [-0.2, -0.15) is 8.42 Å². The molecule has 0 bridgehead atoms. The zero-order valence-electron chi connectivity index (χ0n) is 11.0. The summed E-state index contributed by atoms with van der Waals surface area (Å²) in [7, 11) is -2.13. The van der Waals surface area contributed by atoms with Crippen LogP contribution in [-0.4, -0.2) is 21.4 Å². The summed E-state index contributed by atoms with van der Waals surface area (Å²) >= 11 is 5.96. The van der Waals surface area contributed by atoms with Gasteiger partial charge in [0, 0.05) is 10.6 Å². The number of methoxy groups -OCH3 is 1. The molecule has 0 atom stereocenters. The molecule has 0 fully saturated rings. The predicted octanol–water partition coefficient (Wildman–Crippen LogP) is 2.91.